The fourth-order valence-electron chi connectivity index (χ4n) is 1.86. The normalized spacial score (nSPS) is 12.0. The molecule has 2 aromatic rings. The SMILES string of the molecule is CC(C(=O)Nc1ccc(OCc2ccccc2)cc1)N(C)C. The summed E-state index contributed by atoms with van der Waals surface area (Å²) in [5, 5.41) is 2.89. The first-order valence-corrected chi connectivity index (χ1v) is 7.30. The minimum atomic E-state index is -0.172. The molecule has 1 atom stereocenters. The number of amides is 1. The summed E-state index contributed by atoms with van der Waals surface area (Å²) < 4.78 is 5.72. The number of likely N-dealkylation sites (N-methyl/N-ethyl adjacent to an activating group) is 1. The second-order valence-corrected chi connectivity index (χ2v) is 5.43. The fourth-order valence-corrected chi connectivity index (χ4v) is 1.86. The molecule has 22 heavy (non-hydrogen) atoms. The van der Waals surface area contributed by atoms with Gasteiger partial charge in [-0.15, -0.1) is 0 Å². The third kappa shape index (κ3) is 4.60. The molecule has 0 saturated carbocycles. The molecular weight excluding hydrogens is 276 g/mol. The van der Waals surface area contributed by atoms with Crippen LogP contribution in [-0.2, 0) is 11.4 Å². The van der Waals surface area contributed by atoms with Gasteiger partial charge in [-0.2, -0.15) is 0 Å². The van der Waals surface area contributed by atoms with Crippen LogP contribution in [0.4, 0.5) is 5.69 Å². The lowest BCUT2D eigenvalue weighted by molar-refractivity contribution is -0.119. The van der Waals surface area contributed by atoms with Crippen LogP contribution in [0.2, 0.25) is 0 Å². The summed E-state index contributed by atoms with van der Waals surface area (Å²) in [6.07, 6.45) is 0. The van der Waals surface area contributed by atoms with Crippen LogP contribution in [0.15, 0.2) is 54.6 Å². The Labute approximate surface area is 131 Å². The van der Waals surface area contributed by atoms with E-state index >= 15 is 0 Å². The fraction of sp³-hybridized carbons (Fsp3) is 0.278. The van der Waals surface area contributed by atoms with Crippen LogP contribution in [0.3, 0.4) is 0 Å². The molecule has 4 nitrogen and oxygen atoms in total. The Hall–Kier alpha value is -2.33. The van der Waals surface area contributed by atoms with E-state index in [-0.39, 0.29) is 11.9 Å². The lowest BCUT2D eigenvalue weighted by atomic mass is 10.2. The Bertz CT molecular complexity index is 594. The number of nitrogens with one attached hydrogen (secondary N) is 1. The molecule has 0 bridgehead atoms. The smallest absolute Gasteiger partial charge is 0.241 e. The summed E-state index contributed by atoms with van der Waals surface area (Å²) in [7, 11) is 3.76. The first kappa shape index (κ1) is 16.0. The zero-order valence-electron chi connectivity index (χ0n) is 13.2. The van der Waals surface area contributed by atoms with E-state index in [1.807, 2.05) is 80.5 Å². The van der Waals surface area contributed by atoms with Crippen molar-refractivity contribution in [2.24, 2.45) is 0 Å². The van der Waals surface area contributed by atoms with Crippen molar-refractivity contribution in [3.05, 3.63) is 60.2 Å². The standard InChI is InChI=1S/C18H22N2O2/c1-14(20(2)3)18(21)19-16-9-11-17(12-10-16)22-13-15-7-5-4-6-8-15/h4-12,14H,13H2,1-3H3,(H,19,21). The molecule has 0 heterocycles. The maximum absolute atomic E-state index is 12.0. The highest BCUT2D eigenvalue weighted by Gasteiger charge is 2.14. The first-order valence-electron chi connectivity index (χ1n) is 7.30. The van der Waals surface area contributed by atoms with Crippen LogP contribution in [0.25, 0.3) is 0 Å². The van der Waals surface area contributed by atoms with Gasteiger partial charge in [0.05, 0.1) is 6.04 Å². The van der Waals surface area contributed by atoms with E-state index in [2.05, 4.69) is 5.32 Å². The average Bonchev–Trinajstić information content (AvgIpc) is 2.54. The Balaban J connectivity index is 1.89. The summed E-state index contributed by atoms with van der Waals surface area (Å²) in [4.78, 5) is 13.8. The second-order valence-electron chi connectivity index (χ2n) is 5.43. The van der Waals surface area contributed by atoms with Gasteiger partial charge in [-0.25, -0.2) is 0 Å². The molecule has 0 aliphatic heterocycles. The molecule has 0 radical (unpaired) electrons. The molecule has 1 N–H and O–H groups in total. The zero-order valence-corrected chi connectivity index (χ0v) is 13.2. The molecule has 0 aromatic heterocycles. The molecule has 2 rings (SSSR count). The number of benzene rings is 2. The largest absolute Gasteiger partial charge is 0.489 e. The van der Waals surface area contributed by atoms with Crippen molar-refractivity contribution >= 4 is 11.6 Å². The predicted molar refractivity (Wildman–Crippen MR) is 89.0 cm³/mol. The number of hydrogen-bond acceptors (Lipinski definition) is 3. The van der Waals surface area contributed by atoms with Gasteiger partial charge in [0.25, 0.3) is 0 Å². The van der Waals surface area contributed by atoms with Crippen LogP contribution < -0.4 is 10.1 Å². The van der Waals surface area contributed by atoms with Crippen LogP contribution in [0.5, 0.6) is 5.75 Å². The number of rotatable bonds is 6. The molecule has 0 aliphatic rings. The van der Waals surface area contributed by atoms with Crippen LogP contribution in [-0.4, -0.2) is 30.9 Å². The maximum Gasteiger partial charge on any atom is 0.241 e. The Morgan fingerprint density at radius 1 is 1.09 bits per heavy atom. The van der Waals surface area contributed by atoms with E-state index in [4.69, 9.17) is 4.74 Å². The quantitative estimate of drug-likeness (QED) is 0.890. The number of anilines is 1. The van der Waals surface area contributed by atoms with Gasteiger partial charge >= 0.3 is 0 Å². The summed E-state index contributed by atoms with van der Waals surface area (Å²) in [6.45, 7) is 2.40. The zero-order chi connectivity index (χ0) is 15.9. The lowest BCUT2D eigenvalue weighted by Crippen LogP contribution is -2.37. The molecule has 0 spiro atoms. The van der Waals surface area contributed by atoms with E-state index in [1.54, 1.807) is 0 Å². The molecule has 0 fully saturated rings. The third-order valence-electron chi connectivity index (χ3n) is 3.52. The minimum Gasteiger partial charge on any atom is -0.489 e. The van der Waals surface area contributed by atoms with E-state index in [9.17, 15) is 4.79 Å². The molecular formula is C18H22N2O2. The van der Waals surface area contributed by atoms with E-state index < -0.39 is 0 Å². The van der Waals surface area contributed by atoms with Gasteiger partial charge in [0, 0.05) is 5.69 Å². The number of hydrogen-bond donors (Lipinski definition) is 1. The number of carbonyl (C=O) groups excluding carboxylic acids is 1. The van der Waals surface area contributed by atoms with Crippen LogP contribution >= 0.6 is 0 Å². The second kappa shape index (κ2) is 7.61. The Morgan fingerprint density at radius 3 is 2.32 bits per heavy atom. The number of carbonyl (C=O) groups is 1. The first-order chi connectivity index (χ1) is 10.6. The molecule has 2 aromatic carbocycles. The average molecular weight is 298 g/mol. The topological polar surface area (TPSA) is 41.6 Å². The Morgan fingerprint density at radius 2 is 1.73 bits per heavy atom. The van der Waals surface area contributed by atoms with Gasteiger partial charge in [-0.05, 0) is 50.8 Å². The molecule has 1 unspecified atom stereocenters. The number of ether oxygens (including phenoxy) is 1. The van der Waals surface area contributed by atoms with Gasteiger partial charge in [0.1, 0.15) is 12.4 Å². The van der Waals surface area contributed by atoms with Gasteiger partial charge in [-0.1, -0.05) is 30.3 Å². The van der Waals surface area contributed by atoms with Crippen molar-refractivity contribution in [3.63, 3.8) is 0 Å². The van der Waals surface area contributed by atoms with Crippen LogP contribution in [0.1, 0.15) is 12.5 Å². The highest BCUT2D eigenvalue weighted by atomic mass is 16.5. The van der Waals surface area contributed by atoms with Crippen molar-refractivity contribution in [2.75, 3.05) is 19.4 Å². The van der Waals surface area contributed by atoms with Gasteiger partial charge < -0.3 is 10.1 Å². The van der Waals surface area contributed by atoms with Crippen molar-refractivity contribution < 1.29 is 9.53 Å². The highest BCUT2D eigenvalue weighted by Crippen LogP contribution is 2.17. The minimum absolute atomic E-state index is 0.0250. The van der Waals surface area contributed by atoms with Crippen molar-refractivity contribution in [1.82, 2.24) is 4.90 Å². The monoisotopic (exact) mass is 298 g/mol. The summed E-state index contributed by atoms with van der Waals surface area (Å²) in [6, 6.07) is 17.3. The summed E-state index contributed by atoms with van der Waals surface area (Å²) in [5.41, 5.74) is 1.89. The van der Waals surface area contributed by atoms with Crippen molar-refractivity contribution in [1.29, 1.82) is 0 Å². The van der Waals surface area contributed by atoms with E-state index in [1.165, 1.54) is 0 Å². The third-order valence-corrected chi connectivity index (χ3v) is 3.52. The molecule has 1 amide bonds. The lowest BCUT2D eigenvalue weighted by Gasteiger charge is -2.19. The maximum atomic E-state index is 12.0. The Kier molecular flexibility index (Phi) is 5.55. The van der Waals surface area contributed by atoms with Crippen molar-refractivity contribution in [2.45, 2.75) is 19.6 Å². The molecule has 0 aliphatic carbocycles. The van der Waals surface area contributed by atoms with Crippen LogP contribution in [0, 0.1) is 0 Å². The summed E-state index contributed by atoms with van der Waals surface area (Å²) in [5.74, 6) is 0.755. The van der Waals surface area contributed by atoms with E-state index in [0.717, 1.165) is 17.0 Å². The summed E-state index contributed by atoms with van der Waals surface area (Å²) >= 11 is 0. The number of nitrogens with zero attached hydrogens (tertiary/aromatic N) is 1. The molecule has 4 heteroatoms. The van der Waals surface area contributed by atoms with Gasteiger partial charge in [0.15, 0.2) is 0 Å². The predicted octanol–water partition coefficient (Wildman–Crippen LogP) is 3.15. The van der Waals surface area contributed by atoms with Gasteiger partial charge in [0.2, 0.25) is 5.91 Å². The van der Waals surface area contributed by atoms with E-state index in [0.29, 0.717) is 6.61 Å². The highest BCUT2D eigenvalue weighted by molar-refractivity contribution is 5.94. The molecule has 116 valence electrons. The van der Waals surface area contributed by atoms with Crippen molar-refractivity contribution in [3.8, 4) is 5.75 Å². The molecule has 0 saturated heterocycles. The van der Waals surface area contributed by atoms with Gasteiger partial charge in [-0.3, -0.25) is 9.69 Å².